The van der Waals surface area contributed by atoms with Crippen molar-refractivity contribution < 1.29 is 27.5 Å². The highest BCUT2D eigenvalue weighted by atomic mass is 32.2. The maximum absolute atomic E-state index is 13.2. The van der Waals surface area contributed by atoms with Crippen LogP contribution >= 0.6 is 11.3 Å². The first-order chi connectivity index (χ1) is 19.0. The first kappa shape index (κ1) is 31.3. The fraction of sp³-hybridized carbons (Fsp3) is 0.483. The summed E-state index contributed by atoms with van der Waals surface area (Å²) in [7, 11) is -2.78. The van der Waals surface area contributed by atoms with E-state index in [2.05, 4.69) is 23.9 Å². The molecule has 2 aromatic rings. The molecule has 1 aromatic heterocycles. The van der Waals surface area contributed by atoms with Gasteiger partial charge in [-0.15, -0.1) is 11.3 Å². The summed E-state index contributed by atoms with van der Waals surface area (Å²) >= 11 is 1.15. The molecule has 40 heavy (non-hydrogen) atoms. The zero-order valence-electron chi connectivity index (χ0n) is 23.8. The Labute approximate surface area is 241 Å². The van der Waals surface area contributed by atoms with Gasteiger partial charge in [-0.25, -0.2) is 22.7 Å². The van der Waals surface area contributed by atoms with E-state index in [-0.39, 0.29) is 16.7 Å². The van der Waals surface area contributed by atoms with E-state index in [9.17, 15) is 22.8 Å². The van der Waals surface area contributed by atoms with Crippen molar-refractivity contribution >= 4 is 39.3 Å². The molecule has 0 aliphatic heterocycles. The number of urea groups is 1. The van der Waals surface area contributed by atoms with Gasteiger partial charge in [0.25, 0.3) is 10.0 Å². The van der Waals surface area contributed by atoms with E-state index >= 15 is 0 Å². The average molecular weight is 590 g/mol. The molecule has 218 valence electrons. The smallest absolute Gasteiger partial charge is 0.332 e. The number of amides is 3. The number of nitrogens with zero attached hydrogens (tertiary/aromatic N) is 1. The van der Waals surface area contributed by atoms with E-state index in [1.54, 1.807) is 19.1 Å². The third-order valence-corrected chi connectivity index (χ3v) is 9.63. The molecular formula is C29H39N3O6S2. The molecule has 2 N–H and O–H groups in total. The molecule has 1 heterocycles. The van der Waals surface area contributed by atoms with E-state index < -0.39 is 28.1 Å². The summed E-state index contributed by atoms with van der Waals surface area (Å²) in [4.78, 5) is 39.9. The summed E-state index contributed by atoms with van der Waals surface area (Å²) in [5.41, 5.74) is 2.86. The molecule has 0 fully saturated rings. The molecule has 0 spiro atoms. The second kappa shape index (κ2) is 13.9. The van der Waals surface area contributed by atoms with Gasteiger partial charge < -0.3 is 15.0 Å². The second-order valence-electron chi connectivity index (χ2n) is 10.3. The summed E-state index contributed by atoms with van der Waals surface area (Å²) in [6.45, 7) is 7.75. The van der Waals surface area contributed by atoms with Crippen molar-refractivity contribution in [2.75, 3.05) is 13.7 Å². The predicted molar refractivity (Wildman–Crippen MR) is 156 cm³/mol. The Morgan fingerprint density at radius 1 is 1.12 bits per heavy atom. The number of methoxy groups -OCH3 is 1. The lowest BCUT2D eigenvalue weighted by Crippen LogP contribution is -2.45. The van der Waals surface area contributed by atoms with Crippen LogP contribution in [0, 0.1) is 5.92 Å². The topological polar surface area (TPSA) is 122 Å². The molecule has 0 radical (unpaired) electrons. The fourth-order valence-corrected chi connectivity index (χ4v) is 7.64. The van der Waals surface area contributed by atoms with Gasteiger partial charge in [-0.05, 0) is 67.7 Å². The summed E-state index contributed by atoms with van der Waals surface area (Å²) in [6, 6.07) is 7.54. The molecule has 1 aliphatic carbocycles. The Balaban J connectivity index is 1.94. The molecule has 9 nitrogen and oxygen atoms in total. The minimum absolute atomic E-state index is 0.0718. The van der Waals surface area contributed by atoms with Crippen molar-refractivity contribution in [3.8, 4) is 11.1 Å². The molecule has 3 amide bonds. The molecule has 0 saturated carbocycles. The Bertz CT molecular complexity index is 1350. The van der Waals surface area contributed by atoms with Crippen LogP contribution in [0.1, 0.15) is 63.8 Å². The summed E-state index contributed by atoms with van der Waals surface area (Å²) in [5.74, 6) is -0.391. The number of esters is 1. The molecule has 0 bridgehead atoms. The molecule has 3 rings (SSSR count). The highest BCUT2D eigenvalue weighted by Crippen LogP contribution is 2.36. The fourth-order valence-electron chi connectivity index (χ4n) is 4.76. The SMILES string of the molecule is CCNC(=O)NS(=O)(=O)c1sc(CC(C)C)cc1-c1ccc(CN(C(C)=O)[C@H](C(=O)OC)C2=CCCCC2)cc1. The predicted octanol–water partition coefficient (Wildman–Crippen LogP) is 5.01. The highest BCUT2D eigenvalue weighted by molar-refractivity contribution is 7.92. The van der Waals surface area contributed by atoms with Crippen LogP contribution in [-0.4, -0.2) is 50.9 Å². The van der Waals surface area contributed by atoms with Crippen molar-refractivity contribution in [2.45, 2.75) is 76.6 Å². The number of hydrogen-bond donors (Lipinski definition) is 2. The number of allylic oxidation sites excluding steroid dienone is 1. The van der Waals surface area contributed by atoms with Crippen molar-refractivity contribution in [3.05, 3.63) is 52.4 Å². The summed E-state index contributed by atoms with van der Waals surface area (Å²) in [5, 5.41) is 2.46. The zero-order valence-corrected chi connectivity index (χ0v) is 25.4. The van der Waals surface area contributed by atoms with Gasteiger partial charge in [0.05, 0.1) is 7.11 Å². The van der Waals surface area contributed by atoms with Crippen molar-refractivity contribution in [1.29, 1.82) is 0 Å². The molecular weight excluding hydrogens is 550 g/mol. The van der Waals surface area contributed by atoms with Gasteiger partial charge in [-0.2, -0.15) is 0 Å². The first-order valence-corrected chi connectivity index (χ1v) is 15.8. The second-order valence-corrected chi connectivity index (χ2v) is 13.3. The third kappa shape index (κ3) is 7.94. The molecule has 1 aliphatic rings. The lowest BCUT2D eigenvalue weighted by molar-refractivity contribution is -0.151. The number of ether oxygens (including phenoxy) is 1. The van der Waals surface area contributed by atoms with Gasteiger partial charge in [0.1, 0.15) is 4.21 Å². The van der Waals surface area contributed by atoms with Crippen LogP contribution in [0.25, 0.3) is 11.1 Å². The van der Waals surface area contributed by atoms with Gasteiger partial charge in [-0.1, -0.05) is 44.2 Å². The van der Waals surface area contributed by atoms with Crippen LogP contribution in [0.5, 0.6) is 0 Å². The monoisotopic (exact) mass is 589 g/mol. The van der Waals surface area contributed by atoms with Gasteiger partial charge in [0.2, 0.25) is 5.91 Å². The van der Waals surface area contributed by atoms with E-state index in [1.807, 2.05) is 24.3 Å². The minimum Gasteiger partial charge on any atom is -0.467 e. The third-order valence-electron chi connectivity index (χ3n) is 6.60. The van der Waals surface area contributed by atoms with Crippen LogP contribution in [0.3, 0.4) is 0 Å². The quantitative estimate of drug-likeness (QED) is 0.281. The lowest BCUT2D eigenvalue weighted by Gasteiger charge is -2.32. The summed E-state index contributed by atoms with van der Waals surface area (Å²) < 4.78 is 33.6. The number of carbonyl (C=O) groups excluding carboxylic acids is 3. The number of hydrogen-bond acceptors (Lipinski definition) is 7. The molecule has 1 atom stereocenters. The largest absolute Gasteiger partial charge is 0.467 e. The number of sulfonamides is 1. The number of rotatable bonds is 11. The Morgan fingerprint density at radius 2 is 1.82 bits per heavy atom. The lowest BCUT2D eigenvalue weighted by atomic mass is 9.92. The first-order valence-electron chi connectivity index (χ1n) is 13.5. The molecule has 0 saturated heterocycles. The zero-order chi connectivity index (χ0) is 29.4. The Morgan fingerprint density at radius 3 is 2.38 bits per heavy atom. The van der Waals surface area contributed by atoms with E-state index in [1.165, 1.54) is 18.9 Å². The normalized spacial score (nSPS) is 14.3. The molecule has 0 unspecified atom stereocenters. The van der Waals surface area contributed by atoms with Crippen LogP contribution < -0.4 is 10.0 Å². The average Bonchev–Trinajstić information content (AvgIpc) is 3.33. The van der Waals surface area contributed by atoms with Crippen LogP contribution in [-0.2, 0) is 37.3 Å². The van der Waals surface area contributed by atoms with E-state index in [4.69, 9.17) is 4.74 Å². The van der Waals surface area contributed by atoms with Crippen LogP contribution in [0.4, 0.5) is 4.79 Å². The molecule has 1 aromatic carbocycles. The molecule has 11 heteroatoms. The van der Waals surface area contributed by atoms with Gasteiger partial charge in [0, 0.05) is 30.5 Å². The van der Waals surface area contributed by atoms with Crippen molar-refractivity contribution in [1.82, 2.24) is 14.9 Å². The number of thiophene rings is 1. The number of carbonyl (C=O) groups is 3. The maximum atomic E-state index is 13.2. The van der Waals surface area contributed by atoms with E-state index in [0.29, 0.717) is 30.0 Å². The van der Waals surface area contributed by atoms with E-state index in [0.717, 1.165) is 53.0 Å². The standard InChI is InChI=1S/C29H39N3O6S2/c1-6-30-29(35)31-40(36,37)28-25(17-24(39-28)16-19(2)3)22-14-12-21(13-15-22)18-32(20(4)33)26(27(34)38-5)23-10-8-7-9-11-23/h10,12-15,17,19,26H,6-9,11,16,18H2,1-5H3,(H2,30,31,35)/t26-/m0/s1. The minimum atomic E-state index is -4.11. The van der Waals surface area contributed by atoms with Crippen molar-refractivity contribution in [2.24, 2.45) is 5.92 Å². The van der Waals surface area contributed by atoms with Crippen LogP contribution in [0.15, 0.2) is 46.2 Å². The Kier molecular flexibility index (Phi) is 10.9. The maximum Gasteiger partial charge on any atom is 0.332 e. The van der Waals surface area contributed by atoms with Gasteiger partial charge in [0.15, 0.2) is 6.04 Å². The highest BCUT2D eigenvalue weighted by Gasteiger charge is 2.33. The number of benzene rings is 1. The number of nitrogens with one attached hydrogen (secondary N) is 2. The van der Waals surface area contributed by atoms with Gasteiger partial charge >= 0.3 is 12.0 Å². The summed E-state index contributed by atoms with van der Waals surface area (Å²) in [6.07, 6.45) is 6.34. The van der Waals surface area contributed by atoms with Crippen molar-refractivity contribution in [3.63, 3.8) is 0 Å². The Hall–Kier alpha value is -3.18. The van der Waals surface area contributed by atoms with Gasteiger partial charge in [-0.3, -0.25) is 4.79 Å². The van der Waals surface area contributed by atoms with Crippen LogP contribution in [0.2, 0.25) is 0 Å².